The second-order valence-electron chi connectivity index (χ2n) is 10.5. The lowest BCUT2D eigenvalue weighted by Gasteiger charge is -2.45. The number of rotatable bonds is 2. The van der Waals surface area contributed by atoms with E-state index in [0.717, 1.165) is 26.1 Å². The third-order valence-electron chi connectivity index (χ3n) is 7.66. The van der Waals surface area contributed by atoms with Crippen LogP contribution in [0.5, 0.6) is 0 Å². The predicted octanol–water partition coefficient (Wildman–Crippen LogP) is 2.70. The average molecular weight is 411 g/mol. The summed E-state index contributed by atoms with van der Waals surface area (Å²) in [6.07, 6.45) is 0.860. The molecule has 2 heterocycles. The second-order valence-corrected chi connectivity index (χ2v) is 10.5. The molecular weight excluding hydrogens is 368 g/mol. The zero-order valence-corrected chi connectivity index (χ0v) is 19.9. The van der Waals surface area contributed by atoms with Gasteiger partial charge in [0.2, 0.25) is 0 Å². The highest BCUT2D eigenvalue weighted by Gasteiger charge is 2.47. The van der Waals surface area contributed by atoms with Crippen LogP contribution in [0, 0.1) is 29.1 Å². The fraction of sp³-hybridized carbons (Fsp3) is 0.913. The molecule has 1 unspecified atom stereocenters. The van der Waals surface area contributed by atoms with Crippen LogP contribution >= 0.6 is 0 Å². The van der Waals surface area contributed by atoms with Crippen molar-refractivity contribution in [3.63, 3.8) is 0 Å². The molecule has 0 N–H and O–H groups in total. The molecule has 2 saturated heterocycles. The molecule has 5 atom stereocenters. The predicted molar refractivity (Wildman–Crippen MR) is 115 cm³/mol. The van der Waals surface area contributed by atoms with Gasteiger partial charge in [0, 0.05) is 44.6 Å². The summed E-state index contributed by atoms with van der Waals surface area (Å²) in [5.41, 5.74) is -1.60. The summed E-state index contributed by atoms with van der Waals surface area (Å²) in [5, 5.41) is 0. The molecule has 0 bridgehead atoms. The molecule has 6 heteroatoms. The molecule has 0 spiro atoms. The number of hydrogen-bond acceptors (Lipinski definition) is 6. The largest absolute Gasteiger partial charge is 0.463 e. The minimum Gasteiger partial charge on any atom is -0.463 e. The van der Waals surface area contributed by atoms with Crippen LogP contribution < -0.4 is 0 Å². The number of carbonyl (C=O) groups excluding carboxylic acids is 2. The van der Waals surface area contributed by atoms with E-state index in [4.69, 9.17) is 9.47 Å². The van der Waals surface area contributed by atoms with E-state index in [1.807, 2.05) is 6.92 Å². The number of ether oxygens (including phenoxy) is 2. The van der Waals surface area contributed by atoms with Crippen LogP contribution in [-0.2, 0) is 19.1 Å². The number of Topliss-reactive ketones (excluding diaryl/α,β-unsaturated/α-hetero) is 1. The number of hydrogen-bond donors (Lipinski definition) is 0. The van der Waals surface area contributed by atoms with E-state index < -0.39 is 17.0 Å². The molecule has 2 aliphatic heterocycles. The molecule has 6 nitrogen and oxygen atoms in total. The third kappa shape index (κ3) is 5.02. The minimum atomic E-state index is -1.17. The number of likely N-dealkylation sites (tertiary alicyclic amines) is 1. The zero-order chi connectivity index (χ0) is 22.1. The molecule has 0 saturated carbocycles. The molecule has 2 rings (SSSR count). The Morgan fingerprint density at radius 1 is 1.03 bits per heavy atom. The molecule has 2 fully saturated rings. The van der Waals surface area contributed by atoms with Gasteiger partial charge in [-0.15, -0.1) is 0 Å². The molecule has 0 amide bonds. The highest BCUT2D eigenvalue weighted by Crippen LogP contribution is 2.38. The lowest BCUT2D eigenvalue weighted by molar-refractivity contribution is -0.163. The smallest absolute Gasteiger partial charge is 0.319 e. The SMILES string of the molecule is CO[C@]1(C)C[C@@H](C)CN(C)C(C2CN(C)C2)COC(=O)C(C)(C)C(=O)[C@H](C)[C@H]1C. The van der Waals surface area contributed by atoms with Crippen LogP contribution in [0.2, 0.25) is 0 Å². The van der Waals surface area contributed by atoms with Gasteiger partial charge in [-0.3, -0.25) is 14.5 Å². The van der Waals surface area contributed by atoms with Crippen LogP contribution in [0.1, 0.15) is 48.0 Å². The maximum absolute atomic E-state index is 13.3. The standard InChI is InChI=1S/C23H42N2O4/c1-15-10-23(6,28-9)17(3)16(2)20(26)22(4,5)21(27)29-14-19(25(8)11-15)18-12-24(7)13-18/h15-19H,10-14H2,1-9H3/t15-,16-,17-,19?,23-/m1/s1. The summed E-state index contributed by atoms with van der Waals surface area (Å²) in [6.45, 7) is 15.0. The first-order valence-electron chi connectivity index (χ1n) is 11.0. The van der Waals surface area contributed by atoms with Crippen molar-refractivity contribution in [1.82, 2.24) is 9.80 Å². The summed E-state index contributed by atoms with van der Waals surface area (Å²) < 4.78 is 11.7. The number of ketones is 1. The minimum absolute atomic E-state index is 0.0170. The Bertz CT molecular complexity index is 602. The van der Waals surface area contributed by atoms with Gasteiger partial charge in [0.15, 0.2) is 5.78 Å². The summed E-state index contributed by atoms with van der Waals surface area (Å²) in [6, 6.07) is 0.160. The van der Waals surface area contributed by atoms with Gasteiger partial charge in [-0.2, -0.15) is 0 Å². The van der Waals surface area contributed by atoms with Crippen LogP contribution in [0.25, 0.3) is 0 Å². The number of nitrogens with zero attached hydrogens (tertiary/aromatic N) is 2. The summed E-state index contributed by atoms with van der Waals surface area (Å²) in [4.78, 5) is 30.9. The molecule has 2 aliphatic rings. The van der Waals surface area contributed by atoms with Crippen molar-refractivity contribution in [3.05, 3.63) is 0 Å². The van der Waals surface area contributed by atoms with E-state index >= 15 is 0 Å². The fourth-order valence-electron chi connectivity index (χ4n) is 5.22. The molecular formula is C23H42N2O4. The highest BCUT2D eigenvalue weighted by molar-refractivity contribution is 6.04. The molecule has 29 heavy (non-hydrogen) atoms. The van der Waals surface area contributed by atoms with Gasteiger partial charge in [0.25, 0.3) is 0 Å². The second kappa shape index (κ2) is 9.03. The zero-order valence-electron chi connectivity index (χ0n) is 19.9. The molecule has 0 aromatic rings. The number of methoxy groups -OCH3 is 1. The Morgan fingerprint density at radius 3 is 2.14 bits per heavy atom. The van der Waals surface area contributed by atoms with Gasteiger partial charge in [-0.25, -0.2) is 0 Å². The Hall–Kier alpha value is -0.980. The first-order valence-corrected chi connectivity index (χ1v) is 11.0. The lowest BCUT2D eigenvalue weighted by Crippen LogP contribution is -2.57. The Labute approximate surface area is 177 Å². The van der Waals surface area contributed by atoms with E-state index in [0.29, 0.717) is 18.4 Å². The topological polar surface area (TPSA) is 59.1 Å². The average Bonchev–Trinajstić information content (AvgIpc) is 2.63. The van der Waals surface area contributed by atoms with Crippen molar-refractivity contribution in [3.8, 4) is 0 Å². The van der Waals surface area contributed by atoms with E-state index in [-0.39, 0.29) is 23.7 Å². The maximum Gasteiger partial charge on any atom is 0.319 e. The number of cyclic esters (lactones) is 1. The van der Waals surface area contributed by atoms with Crippen molar-refractivity contribution < 1.29 is 19.1 Å². The van der Waals surface area contributed by atoms with Crippen LogP contribution in [0.4, 0.5) is 0 Å². The molecule has 0 aliphatic carbocycles. The van der Waals surface area contributed by atoms with E-state index in [1.165, 1.54) is 0 Å². The van der Waals surface area contributed by atoms with Gasteiger partial charge >= 0.3 is 5.97 Å². The summed E-state index contributed by atoms with van der Waals surface area (Å²) in [5.74, 6) is 0.0542. The Kier molecular flexibility index (Phi) is 7.56. The molecule has 0 radical (unpaired) electrons. The Morgan fingerprint density at radius 2 is 1.62 bits per heavy atom. The molecule has 0 aromatic heterocycles. The number of carbonyl (C=O) groups is 2. The monoisotopic (exact) mass is 410 g/mol. The molecule has 0 aromatic carbocycles. The summed E-state index contributed by atoms with van der Waals surface area (Å²) >= 11 is 0. The maximum atomic E-state index is 13.3. The first-order chi connectivity index (χ1) is 13.3. The van der Waals surface area contributed by atoms with E-state index in [1.54, 1.807) is 21.0 Å². The third-order valence-corrected chi connectivity index (χ3v) is 7.66. The highest BCUT2D eigenvalue weighted by atomic mass is 16.5. The van der Waals surface area contributed by atoms with Crippen LogP contribution in [0.15, 0.2) is 0 Å². The van der Waals surface area contributed by atoms with Crippen molar-refractivity contribution in [1.29, 1.82) is 0 Å². The molecule has 168 valence electrons. The fourth-order valence-corrected chi connectivity index (χ4v) is 5.22. The van der Waals surface area contributed by atoms with Gasteiger partial charge < -0.3 is 14.4 Å². The van der Waals surface area contributed by atoms with E-state index in [9.17, 15) is 9.59 Å². The van der Waals surface area contributed by atoms with Crippen molar-refractivity contribution >= 4 is 11.8 Å². The van der Waals surface area contributed by atoms with Crippen molar-refractivity contribution in [2.24, 2.45) is 29.1 Å². The van der Waals surface area contributed by atoms with Crippen molar-refractivity contribution in [2.75, 3.05) is 47.4 Å². The van der Waals surface area contributed by atoms with E-state index in [2.05, 4.69) is 44.7 Å². The van der Waals surface area contributed by atoms with Crippen molar-refractivity contribution in [2.45, 2.75) is 59.6 Å². The normalized spacial score (nSPS) is 39.1. The van der Waals surface area contributed by atoms with Gasteiger partial charge in [-0.1, -0.05) is 20.8 Å². The van der Waals surface area contributed by atoms with Gasteiger partial charge in [0.05, 0.1) is 5.60 Å². The Balaban J connectivity index is 2.36. The first kappa shape index (κ1) is 24.3. The van der Waals surface area contributed by atoms with Gasteiger partial charge in [0.1, 0.15) is 12.0 Å². The number of likely N-dealkylation sites (N-methyl/N-ethyl adjacent to an activating group) is 1. The quantitative estimate of drug-likeness (QED) is 0.515. The van der Waals surface area contributed by atoms with Crippen LogP contribution in [-0.4, -0.2) is 80.6 Å². The number of esters is 1. The lowest BCUT2D eigenvalue weighted by atomic mass is 9.70. The van der Waals surface area contributed by atoms with Gasteiger partial charge in [-0.05, 0) is 53.1 Å². The summed E-state index contributed by atoms with van der Waals surface area (Å²) in [7, 11) is 5.97. The van der Waals surface area contributed by atoms with Crippen LogP contribution in [0.3, 0.4) is 0 Å².